The number of aromatic carboxylic acids is 1. The molecule has 0 radical (unpaired) electrons. The second kappa shape index (κ2) is 5.61. The van der Waals surface area contributed by atoms with Gasteiger partial charge in [-0.05, 0) is 31.0 Å². The Labute approximate surface area is 119 Å². The van der Waals surface area contributed by atoms with E-state index in [1.165, 1.54) is 0 Å². The van der Waals surface area contributed by atoms with Gasteiger partial charge in [0.2, 0.25) is 5.91 Å². The number of benzene rings is 1. The molecule has 5 nitrogen and oxygen atoms in total. The second-order valence-corrected chi connectivity index (χ2v) is 5.35. The average Bonchev–Trinajstić information content (AvgIpc) is 2.86. The van der Waals surface area contributed by atoms with Crippen molar-refractivity contribution in [3.05, 3.63) is 28.2 Å². The molecule has 1 fully saturated rings. The van der Waals surface area contributed by atoms with E-state index >= 15 is 0 Å². The van der Waals surface area contributed by atoms with Gasteiger partial charge in [-0.3, -0.25) is 4.79 Å². The minimum atomic E-state index is -0.987. The number of carbonyl (C=O) groups is 2. The number of amides is 1. The highest BCUT2D eigenvalue weighted by Gasteiger charge is 2.32. The van der Waals surface area contributed by atoms with E-state index < -0.39 is 5.97 Å². The number of hydrogen-bond acceptors (Lipinski definition) is 3. The Morgan fingerprint density at radius 2 is 2.21 bits per heavy atom. The molecule has 1 amide bonds. The Bertz CT molecular complexity index is 519. The van der Waals surface area contributed by atoms with Crippen LogP contribution in [-0.2, 0) is 4.79 Å². The van der Waals surface area contributed by atoms with Crippen LogP contribution in [0.25, 0.3) is 0 Å². The minimum absolute atomic E-state index is 0.0724. The van der Waals surface area contributed by atoms with Crippen LogP contribution in [0, 0.1) is 0 Å². The molecule has 1 saturated heterocycles. The zero-order valence-corrected chi connectivity index (χ0v) is 12.1. The molecule has 2 N–H and O–H groups in total. The van der Waals surface area contributed by atoms with Gasteiger partial charge in [-0.25, -0.2) is 4.79 Å². The third kappa shape index (κ3) is 2.73. The van der Waals surface area contributed by atoms with E-state index in [-0.39, 0.29) is 17.5 Å². The molecule has 1 aromatic rings. The smallest absolute Gasteiger partial charge is 0.337 e. The van der Waals surface area contributed by atoms with Gasteiger partial charge in [0.25, 0.3) is 0 Å². The van der Waals surface area contributed by atoms with E-state index in [1.54, 1.807) is 25.2 Å². The normalized spacial score (nSPS) is 18.4. The van der Waals surface area contributed by atoms with E-state index in [1.807, 2.05) is 4.90 Å². The van der Waals surface area contributed by atoms with E-state index in [0.717, 1.165) is 12.8 Å². The van der Waals surface area contributed by atoms with Gasteiger partial charge in [0.15, 0.2) is 0 Å². The maximum atomic E-state index is 11.8. The first-order valence-corrected chi connectivity index (χ1v) is 6.85. The molecule has 1 heterocycles. The maximum Gasteiger partial charge on any atom is 0.337 e. The van der Waals surface area contributed by atoms with Crippen molar-refractivity contribution in [3.63, 3.8) is 0 Å². The summed E-state index contributed by atoms with van der Waals surface area (Å²) in [5.41, 5.74) is 0.812. The number of hydrogen-bond donors (Lipinski definition) is 2. The molecule has 0 spiro atoms. The number of likely N-dealkylation sites (N-methyl/N-ethyl adjacent to an activating group) is 1. The lowest BCUT2D eigenvalue weighted by molar-refractivity contribution is -0.121. The third-order valence-electron chi connectivity index (χ3n) is 3.30. The Morgan fingerprint density at radius 3 is 2.84 bits per heavy atom. The first kappa shape index (κ1) is 13.9. The standard InChI is InChI=1S/C13H15BrN2O3/c1-15-12(17)11-3-2-6-16(11)10-5-4-8(14)7-9(10)13(18)19/h4-5,7,11H,2-3,6H2,1H3,(H,15,17)(H,18,19). The summed E-state index contributed by atoms with van der Waals surface area (Å²) in [6.07, 6.45) is 1.63. The molecule has 1 unspecified atom stereocenters. The number of nitrogens with one attached hydrogen (secondary N) is 1. The Kier molecular flexibility index (Phi) is 4.09. The second-order valence-electron chi connectivity index (χ2n) is 4.43. The molecular formula is C13H15BrN2O3. The quantitative estimate of drug-likeness (QED) is 0.889. The third-order valence-corrected chi connectivity index (χ3v) is 3.79. The predicted molar refractivity (Wildman–Crippen MR) is 75.5 cm³/mol. The predicted octanol–water partition coefficient (Wildman–Crippen LogP) is 1.86. The number of carbonyl (C=O) groups excluding carboxylic acids is 1. The average molecular weight is 327 g/mol. The zero-order chi connectivity index (χ0) is 14.0. The van der Waals surface area contributed by atoms with E-state index in [2.05, 4.69) is 21.2 Å². The molecular weight excluding hydrogens is 312 g/mol. The van der Waals surface area contributed by atoms with Crippen LogP contribution in [0.2, 0.25) is 0 Å². The molecule has 19 heavy (non-hydrogen) atoms. The number of rotatable bonds is 3. The lowest BCUT2D eigenvalue weighted by Gasteiger charge is -2.26. The summed E-state index contributed by atoms with van der Waals surface area (Å²) in [5, 5.41) is 11.9. The maximum absolute atomic E-state index is 11.8. The Balaban J connectivity index is 2.40. The fraction of sp³-hybridized carbons (Fsp3) is 0.385. The molecule has 1 aliphatic heterocycles. The lowest BCUT2D eigenvalue weighted by atomic mass is 10.1. The fourth-order valence-electron chi connectivity index (χ4n) is 2.42. The number of anilines is 1. The molecule has 1 atom stereocenters. The number of nitrogens with zero attached hydrogens (tertiary/aromatic N) is 1. The molecule has 1 aliphatic rings. The molecule has 1 aromatic carbocycles. The van der Waals surface area contributed by atoms with Crippen molar-refractivity contribution in [2.24, 2.45) is 0 Å². The number of halogens is 1. The van der Waals surface area contributed by atoms with Crippen LogP contribution in [0.3, 0.4) is 0 Å². The van der Waals surface area contributed by atoms with Gasteiger partial charge in [-0.15, -0.1) is 0 Å². The molecule has 0 aliphatic carbocycles. The van der Waals surface area contributed by atoms with Gasteiger partial charge >= 0.3 is 5.97 Å². The minimum Gasteiger partial charge on any atom is -0.478 e. The van der Waals surface area contributed by atoms with Crippen LogP contribution in [0.4, 0.5) is 5.69 Å². The van der Waals surface area contributed by atoms with Gasteiger partial charge in [0.05, 0.1) is 11.3 Å². The summed E-state index contributed by atoms with van der Waals surface area (Å²) >= 11 is 3.27. The monoisotopic (exact) mass is 326 g/mol. The van der Waals surface area contributed by atoms with Crippen LogP contribution >= 0.6 is 15.9 Å². The summed E-state index contributed by atoms with van der Waals surface area (Å²) in [6.45, 7) is 0.694. The Morgan fingerprint density at radius 1 is 1.47 bits per heavy atom. The first-order valence-electron chi connectivity index (χ1n) is 6.05. The van der Waals surface area contributed by atoms with E-state index in [9.17, 15) is 14.7 Å². The highest BCUT2D eigenvalue weighted by molar-refractivity contribution is 9.10. The molecule has 102 valence electrons. The number of carboxylic acids is 1. The molecule has 0 bridgehead atoms. The molecule has 0 aromatic heterocycles. The molecule has 6 heteroatoms. The van der Waals surface area contributed by atoms with Gasteiger partial charge in [-0.1, -0.05) is 15.9 Å². The summed E-state index contributed by atoms with van der Waals surface area (Å²) in [6, 6.07) is 4.82. The Hall–Kier alpha value is -1.56. The largest absolute Gasteiger partial charge is 0.478 e. The summed E-state index contributed by atoms with van der Waals surface area (Å²) in [5.74, 6) is -1.06. The van der Waals surface area contributed by atoms with Crippen LogP contribution in [0.15, 0.2) is 22.7 Å². The van der Waals surface area contributed by atoms with E-state index in [0.29, 0.717) is 16.7 Å². The zero-order valence-electron chi connectivity index (χ0n) is 10.5. The van der Waals surface area contributed by atoms with Crippen molar-refractivity contribution >= 4 is 33.5 Å². The van der Waals surface area contributed by atoms with Crippen molar-refractivity contribution in [3.8, 4) is 0 Å². The topological polar surface area (TPSA) is 69.6 Å². The van der Waals surface area contributed by atoms with Crippen molar-refractivity contribution in [2.75, 3.05) is 18.5 Å². The highest BCUT2D eigenvalue weighted by atomic mass is 79.9. The van der Waals surface area contributed by atoms with Crippen molar-refractivity contribution in [2.45, 2.75) is 18.9 Å². The van der Waals surface area contributed by atoms with Crippen molar-refractivity contribution < 1.29 is 14.7 Å². The fourth-order valence-corrected chi connectivity index (χ4v) is 2.79. The number of carboxylic acid groups (broad SMARTS) is 1. The summed E-state index contributed by atoms with van der Waals surface area (Å²) in [7, 11) is 1.60. The summed E-state index contributed by atoms with van der Waals surface area (Å²) in [4.78, 5) is 25.0. The summed E-state index contributed by atoms with van der Waals surface area (Å²) < 4.78 is 0.712. The van der Waals surface area contributed by atoms with Crippen LogP contribution in [0.5, 0.6) is 0 Å². The van der Waals surface area contributed by atoms with Crippen molar-refractivity contribution in [1.82, 2.24) is 5.32 Å². The van der Waals surface area contributed by atoms with E-state index in [4.69, 9.17) is 0 Å². The molecule has 2 rings (SSSR count). The van der Waals surface area contributed by atoms with Crippen LogP contribution in [0.1, 0.15) is 23.2 Å². The highest BCUT2D eigenvalue weighted by Crippen LogP contribution is 2.30. The van der Waals surface area contributed by atoms with Gasteiger partial charge in [0.1, 0.15) is 6.04 Å². The van der Waals surface area contributed by atoms with Gasteiger partial charge in [0, 0.05) is 18.1 Å². The van der Waals surface area contributed by atoms with Crippen LogP contribution < -0.4 is 10.2 Å². The first-order chi connectivity index (χ1) is 9.04. The molecule has 0 saturated carbocycles. The SMILES string of the molecule is CNC(=O)C1CCCN1c1ccc(Br)cc1C(=O)O. The van der Waals surface area contributed by atoms with Crippen LogP contribution in [-0.4, -0.2) is 36.6 Å². The van der Waals surface area contributed by atoms with Crippen molar-refractivity contribution in [1.29, 1.82) is 0 Å². The van der Waals surface area contributed by atoms with Gasteiger partial charge in [-0.2, -0.15) is 0 Å². The van der Waals surface area contributed by atoms with Gasteiger partial charge < -0.3 is 15.3 Å². The lowest BCUT2D eigenvalue weighted by Crippen LogP contribution is -2.42.